The Kier molecular flexibility index (Phi) is 3.06. The highest BCUT2D eigenvalue weighted by atomic mass is 79.9. The summed E-state index contributed by atoms with van der Waals surface area (Å²) in [6.07, 6.45) is 0. The molecule has 0 fully saturated rings. The van der Waals surface area contributed by atoms with Gasteiger partial charge in [0.2, 0.25) is 0 Å². The molecule has 2 nitrogen and oxygen atoms in total. The Bertz CT molecular complexity index is 708. The normalized spacial score (nSPS) is 10.8. The molecule has 0 unspecified atom stereocenters. The molecule has 0 N–H and O–H groups in total. The predicted octanol–water partition coefficient (Wildman–Crippen LogP) is 4.73. The van der Waals surface area contributed by atoms with Crippen molar-refractivity contribution in [3.8, 4) is 16.3 Å². The number of ether oxygens (including phenoxy) is 1. The minimum atomic E-state index is 0.882. The Morgan fingerprint density at radius 3 is 2.61 bits per heavy atom. The fourth-order valence-electron chi connectivity index (χ4n) is 1.87. The molecule has 3 aromatic rings. The number of halogens is 1. The Labute approximate surface area is 117 Å². The lowest BCUT2D eigenvalue weighted by Crippen LogP contribution is -1.83. The topological polar surface area (TPSA) is 22.1 Å². The molecule has 0 aliphatic heterocycles. The van der Waals surface area contributed by atoms with Crippen LogP contribution < -0.4 is 4.74 Å². The molecular weight excluding hydrogens is 310 g/mol. The van der Waals surface area contributed by atoms with Crippen LogP contribution in [0.1, 0.15) is 0 Å². The molecule has 4 heteroatoms. The highest BCUT2D eigenvalue weighted by Crippen LogP contribution is 2.29. The van der Waals surface area contributed by atoms with E-state index in [1.165, 1.54) is 10.8 Å². The number of fused-ring (bicyclic) bond motifs is 1. The zero-order valence-electron chi connectivity index (χ0n) is 9.68. The highest BCUT2D eigenvalue weighted by molar-refractivity contribution is 9.10. The van der Waals surface area contributed by atoms with E-state index in [-0.39, 0.29) is 0 Å². The summed E-state index contributed by atoms with van der Waals surface area (Å²) in [5.74, 6) is 0.882. The minimum Gasteiger partial charge on any atom is -0.497 e. The van der Waals surface area contributed by atoms with E-state index >= 15 is 0 Å². The summed E-state index contributed by atoms with van der Waals surface area (Å²) in [7, 11) is 1.68. The average molecular weight is 320 g/mol. The van der Waals surface area contributed by atoms with Crippen molar-refractivity contribution in [1.82, 2.24) is 4.98 Å². The van der Waals surface area contributed by atoms with Crippen LogP contribution in [-0.2, 0) is 0 Å². The Balaban J connectivity index is 2.11. The molecule has 0 bridgehead atoms. The number of rotatable bonds is 2. The summed E-state index contributed by atoms with van der Waals surface area (Å²) >= 11 is 5.02. The molecule has 2 aromatic carbocycles. The molecule has 0 aliphatic rings. The van der Waals surface area contributed by atoms with Gasteiger partial charge in [-0.25, -0.2) is 4.98 Å². The van der Waals surface area contributed by atoms with Gasteiger partial charge in [-0.15, -0.1) is 11.3 Å². The van der Waals surface area contributed by atoms with E-state index in [0.29, 0.717) is 0 Å². The van der Waals surface area contributed by atoms with Crippen LogP contribution in [0, 0.1) is 0 Å². The maximum Gasteiger partial charge on any atom is 0.124 e. The standard InChI is InChI=1S/C14H10BrNOS/c1-17-12-5-4-9-6-11(3-2-10(9)7-12)14-16-13(15)8-18-14/h2-8H,1H3. The Morgan fingerprint density at radius 2 is 1.89 bits per heavy atom. The smallest absolute Gasteiger partial charge is 0.124 e. The van der Waals surface area contributed by atoms with E-state index in [1.54, 1.807) is 18.4 Å². The van der Waals surface area contributed by atoms with Crippen molar-refractivity contribution < 1.29 is 4.74 Å². The lowest BCUT2D eigenvalue weighted by Gasteiger charge is -2.04. The maximum atomic E-state index is 5.22. The van der Waals surface area contributed by atoms with E-state index in [1.807, 2.05) is 17.5 Å². The van der Waals surface area contributed by atoms with Crippen LogP contribution in [0.2, 0.25) is 0 Å². The van der Waals surface area contributed by atoms with Crippen LogP contribution in [-0.4, -0.2) is 12.1 Å². The molecule has 1 aromatic heterocycles. The van der Waals surface area contributed by atoms with E-state index in [2.05, 4.69) is 45.2 Å². The molecule has 3 rings (SSSR count). The number of hydrogen-bond donors (Lipinski definition) is 0. The second-order valence-electron chi connectivity index (χ2n) is 3.90. The van der Waals surface area contributed by atoms with Gasteiger partial charge in [0.05, 0.1) is 7.11 Å². The van der Waals surface area contributed by atoms with Gasteiger partial charge < -0.3 is 4.74 Å². The zero-order chi connectivity index (χ0) is 12.5. The largest absolute Gasteiger partial charge is 0.497 e. The molecule has 0 saturated carbocycles. The molecule has 0 saturated heterocycles. The number of aromatic nitrogens is 1. The summed E-state index contributed by atoms with van der Waals surface area (Å²) in [5.41, 5.74) is 1.14. The zero-order valence-corrected chi connectivity index (χ0v) is 12.1. The fourth-order valence-corrected chi connectivity index (χ4v) is 3.12. The second-order valence-corrected chi connectivity index (χ2v) is 5.57. The van der Waals surface area contributed by atoms with Crippen LogP contribution in [0.3, 0.4) is 0 Å². The average Bonchev–Trinajstić information content (AvgIpc) is 2.84. The molecule has 0 amide bonds. The lowest BCUT2D eigenvalue weighted by molar-refractivity contribution is 0.415. The van der Waals surface area contributed by atoms with Gasteiger partial charge in [0.15, 0.2) is 0 Å². The first-order valence-electron chi connectivity index (χ1n) is 5.45. The summed E-state index contributed by atoms with van der Waals surface area (Å²) in [5, 5.41) is 5.39. The van der Waals surface area contributed by atoms with Crippen molar-refractivity contribution in [1.29, 1.82) is 0 Å². The molecule has 0 radical (unpaired) electrons. The lowest BCUT2D eigenvalue weighted by atomic mass is 10.1. The van der Waals surface area contributed by atoms with E-state index < -0.39 is 0 Å². The van der Waals surface area contributed by atoms with Crippen LogP contribution in [0.4, 0.5) is 0 Å². The summed E-state index contributed by atoms with van der Waals surface area (Å²) in [4.78, 5) is 4.43. The molecule has 0 spiro atoms. The van der Waals surface area contributed by atoms with Gasteiger partial charge in [-0.2, -0.15) is 0 Å². The molecule has 0 aliphatic carbocycles. The number of benzene rings is 2. The molecule has 18 heavy (non-hydrogen) atoms. The molecule has 90 valence electrons. The molecular formula is C14H10BrNOS. The van der Waals surface area contributed by atoms with Crippen molar-refractivity contribution >= 4 is 38.0 Å². The van der Waals surface area contributed by atoms with Gasteiger partial charge in [0.25, 0.3) is 0 Å². The van der Waals surface area contributed by atoms with E-state index in [9.17, 15) is 0 Å². The van der Waals surface area contributed by atoms with Gasteiger partial charge >= 0.3 is 0 Å². The molecule has 0 atom stereocenters. The van der Waals surface area contributed by atoms with Crippen LogP contribution in [0.5, 0.6) is 5.75 Å². The van der Waals surface area contributed by atoms with Gasteiger partial charge in [-0.05, 0) is 44.9 Å². The predicted molar refractivity (Wildman–Crippen MR) is 79.3 cm³/mol. The maximum absolute atomic E-state index is 5.22. The third-order valence-corrected chi connectivity index (χ3v) is 4.37. The first-order chi connectivity index (χ1) is 8.76. The van der Waals surface area contributed by atoms with Crippen molar-refractivity contribution in [3.05, 3.63) is 46.4 Å². The first-order valence-corrected chi connectivity index (χ1v) is 7.13. The summed E-state index contributed by atoms with van der Waals surface area (Å²) in [6.45, 7) is 0. The number of methoxy groups -OCH3 is 1. The van der Waals surface area contributed by atoms with Crippen molar-refractivity contribution in [2.24, 2.45) is 0 Å². The van der Waals surface area contributed by atoms with Crippen molar-refractivity contribution in [2.45, 2.75) is 0 Å². The number of thiazole rings is 1. The quantitative estimate of drug-likeness (QED) is 0.681. The van der Waals surface area contributed by atoms with Crippen LogP contribution >= 0.6 is 27.3 Å². The van der Waals surface area contributed by atoms with Crippen molar-refractivity contribution in [3.63, 3.8) is 0 Å². The Hall–Kier alpha value is -1.39. The fraction of sp³-hybridized carbons (Fsp3) is 0.0714. The summed E-state index contributed by atoms with van der Waals surface area (Å²) in [6, 6.07) is 12.4. The minimum absolute atomic E-state index is 0.882. The third-order valence-electron chi connectivity index (χ3n) is 2.77. The first kappa shape index (κ1) is 11.7. The number of nitrogens with zero attached hydrogens (tertiary/aromatic N) is 1. The molecule has 1 heterocycles. The van der Waals surface area contributed by atoms with Gasteiger partial charge in [0, 0.05) is 10.9 Å². The SMILES string of the molecule is COc1ccc2cc(-c3nc(Br)cs3)ccc2c1. The monoisotopic (exact) mass is 319 g/mol. The van der Waals surface area contributed by atoms with Crippen molar-refractivity contribution in [2.75, 3.05) is 7.11 Å². The van der Waals surface area contributed by atoms with E-state index in [4.69, 9.17) is 4.74 Å². The second kappa shape index (κ2) is 4.71. The third kappa shape index (κ3) is 2.13. The highest BCUT2D eigenvalue weighted by Gasteiger charge is 2.04. The van der Waals surface area contributed by atoms with Crippen LogP contribution in [0.15, 0.2) is 46.4 Å². The van der Waals surface area contributed by atoms with Crippen LogP contribution in [0.25, 0.3) is 21.3 Å². The van der Waals surface area contributed by atoms with Gasteiger partial charge in [0.1, 0.15) is 15.4 Å². The Morgan fingerprint density at radius 1 is 1.11 bits per heavy atom. The summed E-state index contributed by atoms with van der Waals surface area (Å²) < 4.78 is 6.11. The number of hydrogen-bond acceptors (Lipinski definition) is 3. The van der Waals surface area contributed by atoms with Gasteiger partial charge in [-0.3, -0.25) is 0 Å². The van der Waals surface area contributed by atoms with Gasteiger partial charge in [-0.1, -0.05) is 18.2 Å². The van der Waals surface area contributed by atoms with E-state index in [0.717, 1.165) is 20.9 Å².